The van der Waals surface area contributed by atoms with Crippen LogP contribution in [0.1, 0.15) is 18.7 Å². The number of hydrogen-bond acceptors (Lipinski definition) is 5. The van der Waals surface area contributed by atoms with Gasteiger partial charge in [0.2, 0.25) is 0 Å². The molecule has 0 saturated heterocycles. The first-order valence-electron chi connectivity index (χ1n) is 8.81. The van der Waals surface area contributed by atoms with E-state index in [1.54, 1.807) is 29.4 Å². The van der Waals surface area contributed by atoms with Crippen LogP contribution in [0.25, 0.3) is 0 Å². The highest BCUT2D eigenvalue weighted by Gasteiger charge is 2.24. The quantitative estimate of drug-likeness (QED) is 0.813. The molecule has 1 aliphatic rings. The molecule has 0 unspecified atom stereocenters. The fourth-order valence-electron chi connectivity index (χ4n) is 3.01. The number of fused-ring (bicyclic) bond motifs is 1. The second-order valence-corrected chi connectivity index (χ2v) is 6.44. The van der Waals surface area contributed by atoms with Crippen molar-refractivity contribution >= 4 is 23.3 Å². The van der Waals surface area contributed by atoms with Crippen molar-refractivity contribution in [2.75, 3.05) is 44.0 Å². The topological polar surface area (TPSA) is 87.0 Å². The number of benzene rings is 1. The minimum absolute atomic E-state index is 0.0345. The molecule has 1 atom stereocenters. The molecule has 0 saturated carbocycles. The molecule has 1 aromatic carbocycles. The van der Waals surface area contributed by atoms with Crippen LogP contribution in [0.15, 0.2) is 41.0 Å². The molecule has 3 rings (SSSR count). The molecule has 27 heavy (non-hydrogen) atoms. The van der Waals surface area contributed by atoms with Crippen molar-refractivity contribution in [3.05, 3.63) is 42.4 Å². The van der Waals surface area contributed by atoms with Gasteiger partial charge in [0.05, 0.1) is 18.0 Å². The van der Waals surface area contributed by atoms with E-state index in [0.717, 1.165) is 5.76 Å². The second kappa shape index (κ2) is 8.13. The highest BCUT2D eigenvalue weighted by Crippen LogP contribution is 2.34. The molecule has 2 N–H and O–H groups in total. The van der Waals surface area contributed by atoms with Crippen molar-refractivity contribution in [1.29, 1.82) is 0 Å². The molecule has 2 aromatic rings. The number of urea groups is 1. The van der Waals surface area contributed by atoms with Crippen molar-refractivity contribution in [3.8, 4) is 5.75 Å². The van der Waals surface area contributed by atoms with Gasteiger partial charge in [-0.2, -0.15) is 0 Å². The maximum Gasteiger partial charge on any atom is 0.319 e. The minimum atomic E-state index is -0.334. The van der Waals surface area contributed by atoms with Gasteiger partial charge in [-0.3, -0.25) is 9.69 Å². The summed E-state index contributed by atoms with van der Waals surface area (Å²) in [6.45, 7) is 2.86. The lowest BCUT2D eigenvalue weighted by atomic mass is 10.2. The van der Waals surface area contributed by atoms with E-state index in [0.29, 0.717) is 30.2 Å². The Morgan fingerprint density at radius 2 is 2.15 bits per heavy atom. The van der Waals surface area contributed by atoms with E-state index in [9.17, 15) is 9.59 Å². The van der Waals surface area contributed by atoms with Crippen LogP contribution in [-0.4, -0.2) is 50.6 Å². The number of likely N-dealkylation sites (N-methyl/N-ethyl adjacent to an activating group) is 2. The molecule has 0 bridgehead atoms. The number of rotatable bonds is 6. The predicted octanol–water partition coefficient (Wildman–Crippen LogP) is 2.45. The first kappa shape index (κ1) is 18.8. The molecule has 2 heterocycles. The third-order valence-electron chi connectivity index (χ3n) is 4.43. The number of nitrogens with one attached hydrogen (secondary N) is 2. The SMILES string of the molecule is CCN1C(=O)COc2ccc(NC(=O)NC[C@@H](c3ccco3)N(C)C)cc21. The van der Waals surface area contributed by atoms with Gasteiger partial charge in [-0.05, 0) is 51.4 Å². The normalized spacial score (nSPS) is 14.5. The Morgan fingerprint density at radius 3 is 2.81 bits per heavy atom. The van der Waals surface area contributed by atoms with Crippen LogP contribution in [0.3, 0.4) is 0 Å². The fraction of sp³-hybridized carbons (Fsp3) is 0.368. The minimum Gasteiger partial charge on any atom is -0.482 e. The van der Waals surface area contributed by atoms with Gasteiger partial charge in [-0.1, -0.05) is 0 Å². The third kappa shape index (κ3) is 4.22. The maximum absolute atomic E-state index is 12.3. The molecule has 0 aliphatic carbocycles. The fourth-order valence-corrected chi connectivity index (χ4v) is 3.01. The van der Waals surface area contributed by atoms with Crippen LogP contribution in [0.4, 0.5) is 16.2 Å². The molecular formula is C19H24N4O4. The number of carbonyl (C=O) groups excluding carboxylic acids is 2. The van der Waals surface area contributed by atoms with Gasteiger partial charge < -0.3 is 24.7 Å². The Morgan fingerprint density at radius 1 is 1.33 bits per heavy atom. The zero-order chi connectivity index (χ0) is 19.4. The lowest BCUT2D eigenvalue weighted by molar-refractivity contribution is -0.121. The standard InChI is InChI=1S/C19H24N4O4/c1-4-23-14-10-13(7-8-17(14)27-12-18(23)24)21-19(25)20-11-15(22(2)3)16-6-5-9-26-16/h5-10,15H,4,11-12H2,1-3H3,(H2,20,21,25)/t15-/m0/s1. The molecule has 1 aliphatic heterocycles. The monoisotopic (exact) mass is 372 g/mol. The average molecular weight is 372 g/mol. The summed E-state index contributed by atoms with van der Waals surface area (Å²) in [5.74, 6) is 1.31. The number of anilines is 2. The van der Waals surface area contributed by atoms with Gasteiger partial charge in [0.1, 0.15) is 11.5 Å². The lowest BCUT2D eigenvalue weighted by Gasteiger charge is -2.28. The second-order valence-electron chi connectivity index (χ2n) is 6.44. The summed E-state index contributed by atoms with van der Waals surface area (Å²) in [5, 5.41) is 5.65. The summed E-state index contributed by atoms with van der Waals surface area (Å²) in [7, 11) is 3.85. The number of ether oxygens (including phenoxy) is 1. The summed E-state index contributed by atoms with van der Waals surface area (Å²) in [6, 6.07) is 8.54. The average Bonchev–Trinajstić information content (AvgIpc) is 3.15. The van der Waals surface area contributed by atoms with Crippen molar-refractivity contribution in [3.63, 3.8) is 0 Å². The number of furan rings is 1. The molecule has 3 amide bonds. The molecule has 0 fully saturated rings. The van der Waals surface area contributed by atoms with E-state index in [-0.39, 0.29) is 24.6 Å². The van der Waals surface area contributed by atoms with Crippen LogP contribution in [0.2, 0.25) is 0 Å². The van der Waals surface area contributed by atoms with Crippen LogP contribution in [0.5, 0.6) is 5.75 Å². The van der Waals surface area contributed by atoms with Gasteiger partial charge in [-0.25, -0.2) is 4.79 Å². The van der Waals surface area contributed by atoms with E-state index < -0.39 is 0 Å². The van der Waals surface area contributed by atoms with E-state index in [2.05, 4.69) is 10.6 Å². The first-order chi connectivity index (χ1) is 13.0. The van der Waals surface area contributed by atoms with Crippen LogP contribution in [-0.2, 0) is 4.79 Å². The number of amides is 3. The van der Waals surface area contributed by atoms with Crippen LogP contribution >= 0.6 is 0 Å². The Labute approximate surface area is 158 Å². The molecule has 1 aromatic heterocycles. The van der Waals surface area contributed by atoms with Gasteiger partial charge in [0.15, 0.2) is 6.61 Å². The molecule has 0 radical (unpaired) electrons. The number of nitrogens with zero attached hydrogens (tertiary/aromatic N) is 2. The summed E-state index contributed by atoms with van der Waals surface area (Å²) < 4.78 is 10.9. The smallest absolute Gasteiger partial charge is 0.319 e. The Kier molecular flexibility index (Phi) is 5.66. The van der Waals surface area contributed by atoms with Crippen molar-refractivity contribution < 1.29 is 18.7 Å². The molecule has 144 valence electrons. The highest BCUT2D eigenvalue weighted by atomic mass is 16.5. The largest absolute Gasteiger partial charge is 0.482 e. The third-order valence-corrected chi connectivity index (χ3v) is 4.43. The van der Waals surface area contributed by atoms with E-state index in [1.165, 1.54) is 0 Å². The van der Waals surface area contributed by atoms with E-state index in [4.69, 9.17) is 9.15 Å². The summed E-state index contributed by atoms with van der Waals surface area (Å²) in [5.41, 5.74) is 1.25. The first-order valence-corrected chi connectivity index (χ1v) is 8.81. The van der Waals surface area contributed by atoms with Gasteiger partial charge in [0, 0.05) is 18.8 Å². The van der Waals surface area contributed by atoms with Gasteiger partial charge in [-0.15, -0.1) is 0 Å². The molecule has 0 spiro atoms. The summed E-state index contributed by atoms with van der Waals surface area (Å²) >= 11 is 0. The van der Waals surface area contributed by atoms with Crippen molar-refractivity contribution in [1.82, 2.24) is 10.2 Å². The molecular weight excluding hydrogens is 348 g/mol. The lowest BCUT2D eigenvalue weighted by Crippen LogP contribution is -2.39. The van der Waals surface area contributed by atoms with Crippen molar-refractivity contribution in [2.24, 2.45) is 0 Å². The van der Waals surface area contributed by atoms with Crippen LogP contribution < -0.4 is 20.3 Å². The predicted molar refractivity (Wildman–Crippen MR) is 102 cm³/mol. The van der Waals surface area contributed by atoms with Crippen molar-refractivity contribution in [2.45, 2.75) is 13.0 Å². The molecule has 8 nitrogen and oxygen atoms in total. The maximum atomic E-state index is 12.3. The van der Waals surface area contributed by atoms with Gasteiger partial charge >= 0.3 is 6.03 Å². The zero-order valence-corrected chi connectivity index (χ0v) is 15.7. The van der Waals surface area contributed by atoms with E-state index >= 15 is 0 Å². The summed E-state index contributed by atoms with van der Waals surface area (Å²) in [6.07, 6.45) is 1.61. The van der Waals surface area contributed by atoms with Gasteiger partial charge in [0.25, 0.3) is 5.91 Å². The number of carbonyl (C=O) groups is 2. The van der Waals surface area contributed by atoms with E-state index in [1.807, 2.05) is 38.1 Å². The Hall–Kier alpha value is -3.00. The Bertz CT molecular complexity index is 804. The van der Waals surface area contributed by atoms with Crippen LogP contribution in [0, 0.1) is 0 Å². The zero-order valence-electron chi connectivity index (χ0n) is 15.7. The molecule has 8 heteroatoms. The summed E-state index contributed by atoms with van der Waals surface area (Å²) in [4.78, 5) is 27.9. The Balaban J connectivity index is 1.64. The number of hydrogen-bond donors (Lipinski definition) is 2. The highest BCUT2D eigenvalue weighted by molar-refractivity contribution is 5.99.